The fraction of sp³-hybridized carbons (Fsp3) is 0.375. The van der Waals surface area contributed by atoms with E-state index in [2.05, 4.69) is 11.6 Å². The van der Waals surface area contributed by atoms with Crippen LogP contribution in [0.1, 0.15) is 13.3 Å². The van der Waals surface area contributed by atoms with E-state index < -0.39 is 0 Å². The Kier molecular flexibility index (Phi) is 4.17. The quantitative estimate of drug-likeness (QED) is 0.433. The van der Waals surface area contributed by atoms with E-state index in [9.17, 15) is 5.21 Å². The van der Waals surface area contributed by atoms with Gasteiger partial charge in [-0.1, -0.05) is 13.5 Å². The molecule has 0 saturated carbocycles. The SMILES string of the molecule is C=CC[N+]1(O)C=CN=C1CC.[Cl-]. The molecular formula is C8H13ClN2O. The number of nitrogens with zero attached hydrogens (tertiary/aromatic N) is 2. The lowest BCUT2D eigenvalue weighted by atomic mass is 10.4. The van der Waals surface area contributed by atoms with E-state index in [1.54, 1.807) is 18.5 Å². The van der Waals surface area contributed by atoms with Gasteiger partial charge in [0.25, 0.3) is 0 Å². The molecule has 1 heterocycles. The fourth-order valence-electron chi connectivity index (χ4n) is 1.14. The van der Waals surface area contributed by atoms with Crippen molar-refractivity contribution in [1.29, 1.82) is 0 Å². The summed E-state index contributed by atoms with van der Waals surface area (Å²) in [6, 6.07) is 0. The molecule has 4 heteroatoms. The van der Waals surface area contributed by atoms with E-state index in [-0.39, 0.29) is 17.1 Å². The largest absolute Gasteiger partial charge is 1.00 e. The average Bonchev–Trinajstić information content (AvgIpc) is 2.31. The van der Waals surface area contributed by atoms with E-state index in [0.717, 1.165) is 12.3 Å². The van der Waals surface area contributed by atoms with Gasteiger partial charge in [-0.25, -0.2) is 10.2 Å². The first-order valence-corrected chi connectivity index (χ1v) is 3.69. The highest BCUT2D eigenvalue weighted by molar-refractivity contribution is 5.77. The first-order chi connectivity index (χ1) is 5.23. The molecule has 0 fully saturated rings. The Morgan fingerprint density at radius 2 is 2.42 bits per heavy atom. The highest BCUT2D eigenvalue weighted by Gasteiger charge is 2.31. The fourth-order valence-corrected chi connectivity index (χ4v) is 1.14. The van der Waals surface area contributed by atoms with Crippen LogP contribution in [0.3, 0.4) is 0 Å². The molecule has 0 amide bonds. The molecule has 1 atom stereocenters. The number of aliphatic imine (C=N–C) groups is 1. The van der Waals surface area contributed by atoms with Gasteiger partial charge >= 0.3 is 0 Å². The molecular weight excluding hydrogens is 176 g/mol. The molecule has 0 saturated heterocycles. The number of hydroxylamine groups is 3. The van der Waals surface area contributed by atoms with Gasteiger partial charge in [0.2, 0.25) is 5.84 Å². The van der Waals surface area contributed by atoms with Gasteiger partial charge in [-0.15, -0.1) is 4.65 Å². The number of halogens is 1. The maximum absolute atomic E-state index is 9.80. The predicted molar refractivity (Wildman–Crippen MR) is 44.0 cm³/mol. The summed E-state index contributed by atoms with van der Waals surface area (Å²) in [6.45, 7) is 6.03. The molecule has 1 aliphatic rings. The standard InChI is InChI=1S/C8H13N2O.ClH/c1-3-6-10(11)7-5-9-8(10)4-2;/h3,5,7,11H,1,4,6H2,2H3;1H/q+1;/p-1. The van der Waals surface area contributed by atoms with Crippen molar-refractivity contribution in [3.8, 4) is 0 Å². The number of rotatable bonds is 3. The van der Waals surface area contributed by atoms with Crippen LogP contribution < -0.4 is 12.4 Å². The summed E-state index contributed by atoms with van der Waals surface area (Å²) in [6.07, 6.45) is 5.72. The van der Waals surface area contributed by atoms with Gasteiger partial charge in [0.1, 0.15) is 6.54 Å². The molecule has 0 aromatic rings. The van der Waals surface area contributed by atoms with Gasteiger partial charge in [0.15, 0.2) is 6.20 Å². The minimum Gasteiger partial charge on any atom is -1.00 e. The van der Waals surface area contributed by atoms with Crippen molar-refractivity contribution >= 4 is 5.84 Å². The summed E-state index contributed by atoms with van der Waals surface area (Å²) in [5.41, 5.74) is 0. The van der Waals surface area contributed by atoms with E-state index in [1.165, 1.54) is 0 Å². The normalized spacial score (nSPS) is 26.3. The van der Waals surface area contributed by atoms with Crippen LogP contribution in [0.4, 0.5) is 0 Å². The zero-order chi connectivity index (χ0) is 8.32. The van der Waals surface area contributed by atoms with E-state index in [4.69, 9.17) is 0 Å². The number of quaternary nitrogens is 1. The van der Waals surface area contributed by atoms with E-state index in [1.807, 2.05) is 6.92 Å². The second-order valence-electron chi connectivity index (χ2n) is 2.49. The van der Waals surface area contributed by atoms with Crippen molar-refractivity contribution in [3.05, 3.63) is 25.1 Å². The lowest BCUT2D eigenvalue weighted by molar-refractivity contribution is -0.984. The first-order valence-electron chi connectivity index (χ1n) is 3.69. The summed E-state index contributed by atoms with van der Waals surface area (Å²) in [5.74, 6) is 0.768. The van der Waals surface area contributed by atoms with Gasteiger partial charge in [-0.2, -0.15) is 0 Å². The molecule has 1 aliphatic heterocycles. The summed E-state index contributed by atoms with van der Waals surface area (Å²) in [7, 11) is 0. The lowest BCUT2D eigenvalue weighted by Gasteiger charge is -2.20. The smallest absolute Gasteiger partial charge is 0.240 e. The van der Waals surface area contributed by atoms with Crippen LogP contribution in [0.25, 0.3) is 0 Å². The average molecular weight is 189 g/mol. The number of amidine groups is 1. The van der Waals surface area contributed by atoms with Crippen LogP contribution in [0.5, 0.6) is 0 Å². The maximum atomic E-state index is 9.80. The molecule has 1 unspecified atom stereocenters. The monoisotopic (exact) mass is 188 g/mol. The Morgan fingerprint density at radius 1 is 1.75 bits per heavy atom. The molecule has 0 spiro atoms. The van der Waals surface area contributed by atoms with Crippen LogP contribution in [0.15, 0.2) is 30.0 Å². The van der Waals surface area contributed by atoms with Crippen LogP contribution in [-0.2, 0) is 0 Å². The molecule has 68 valence electrons. The van der Waals surface area contributed by atoms with Crippen LogP contribution in [-0.4, -0.2) is 22.2 Å². The summed E-state index contributed by atoms with van der Waals surface area (Å²) >= 11 is 0. The minimum atomic E-state index is -0.194. The van der Waals surface area contributed by atoms with Crippen molar-refractivity contribution in [2.75, 3.05) is 6.54 Å². The topological polar surface area (TPSA) is 32.6 Å². The van der Waals surface area contributed by atoms with Crippen LogP contribution in [0, 0.1) is 0 Å². The summed E-state index contributed by atoms with van der Waals surface area (Å²) < 4.78 is -0.194. The molecule has 0 aliphatic carbocycles. The van der Waals surface area contributed by atoms with Crippen LogP contribution >= 0.6 is 0 Å². The van der Waals surface area contributed by atoms with E-state index >= 15 is 0 Å². The van der Waals surface area contributed by atoms with Crippen LogP contribution in [0.2, 0.25) is 0 Å². The second-order valence-corrected chi connectivity index (χ2v) is 2.49. The van der Waals surface area contributed by atoms with Crippen molar-refractivity contribution in [2.45, 2.75) is 13.3 Å². The van der Waals surface area contributed by atoms with Crippen molar-refractivity contribution < 1.29 is 22.3 Å². The second kappa shape index (κ2) is 4.40. The highest BCUT2D eigenvalue weighted by atomic mass is 35.5. The third-order valence-electron chi connectivity index (χ3n) is 1.71. The molecule has 12 heavy (non-hydrogen) atoms. The van der Waals surface area contributed by atoms with Crippen molar-refractivity contribution in [3.63, 3.8) is 0 Å². The summed E-state index contributed by atoms with van der Waals surface area (Å²) in [5, 5.41) is 9.80. The maximum Gasteiger partial charge on any atom is 0.240 e. The van der Waals surface area contributed by atoms with Gasteiger partial charge in [0, 0.05) is 6.42 Å². The van der Waals surface area contributed by atoms with Gasteiger partial charge in [0.05, 0.1) is 6.20 Å². The van der Waals surface area contributed by atoms with Gasteiger partial charge < -0.3 is 12.4 Å². The Morgan fingerprint density at radius 3 is 2.92 bits per heavy atom. The highest BCUT2D eigenvalue weighted by Crippen LogP contribution is 2.14. The lowest BCUT2D eigenvalue weighted by Crippen LogP contribution is -3.00. The molecule has 1 rings (SSSR count). The van der Waals surface area contributed by atoms with Crippen molar-refractivity contribution in [2.24, 2.45) is 4.99 Å². The Bertz CT molecular complexity index is 225. The molecule has 1 N–H and O–H groups in total. The van der Waals surface area contributed by atoms with Crippen molar-refractivity contribution in [1.82, 2.24) is 0 Å². The third-order valence-corrected chi connectivity index (χ3v) is 1.71. The zero-order valence-electron chi connectivity index (χ0n) is 7.07. The van der Waals surface area contributed by atoms with Gasteiger partial charge in [-0.05, 0) is 6.08 Å². The van der Waals surface area contributed by atoms with Gasteiger partial charge in [-0.3, -0.25) is 0 Å². The number of hydrogen-bond acceptors (Lipinski definition) is 2. The first kappa shape index (κ1) is 11.4. The molecule has 0 aromatic carbocycles. The molecule has 0 aromatic heterocycles. The van der Waals surface area contributed by atoms with E-state index in [0.29, 0.717) is 6.54 Å². The zero-order valence-corrected chi connectivity index (χ0v) is 7.83. The summed E-state index contributed by atoms with van der Waals surface area (Å²) in [4.78, 5) is 4.04. The Balaban J connectivity index is 0.00000121. The predicted octanol–water partition coefficient (Wildman–Crippen LogP) is -1.32. The number of hydrogen-bond donors (Lipinski definition) is 1. The minimum absolute atomic E-state index is 0. The molecule has 0 bridgehead atoms. The third kappa shape index (κ3) is 1.94. The molecule has 0 radical (unpaired) electrons. The Labute approximate surface area is 78.7 Å². The Hall–Kier alpha value is -0.640. The molecule has 3 nitrogen and oxygen atoms in total.